The molecule has 4 aliphatic carbocycles. The number of halogens is 2. The fraction of sp³-hybridized carbons (Fsp3) is 0.586. The van der Waals surface area contributed by atoms with E-state index in [1.54, 1.807) is 13.8 Å². The second-order valence-electron chi connectivity index (χ2n) is 12.1. The summed E-state index contributed by atoms with van der Waals surface area (Å²) in [6.45, 7) is 4.83. The lowest BCUT2D eigenvalue weighted by atomic mass is 9.44. The van der Waals surface area contributed by atoms with E-state index < -0.39 is 74.2 Å². The van der Waals surface area contributed by atoms with Crippen LogP contribution in [0.2, 0.25) is 0 Å². The molecule has 1 N–H and O–H groups in total. The molecule has 216 valence electrons. The average Bonchev–Trinajstić information content (AvgIpc) is 3.49. The Balaban J connectivity index is 1.64. The van der Waals surface area contributed by atoms with Crippen LogP contribution in [-0.4, -0.2) is 69.8 Å². The van der Waals surface area contributed by atoms with Crippen molar-refractivity contribution >= 4 is 33.9 Å². The predicted molar refractivity (Wildman–Crippen MR) is 142 cm³/mol. The second-order valence-corrected chi connectivity index (χ2v) is 13.1. The van der Waals surface area contributed by atoms with Gasteiger partial charge in [0.05, 0.1) is 12.4 Å². The number of hydrogen-bond donors (Lipinski definition) is 1. The van der Waals surface area contributed by atoms with Crippen LogP contribution in [0.25, 0.3) is 0 Å². The Hall–Kier alpha value is -2.79. The van der Waals surface area contributed by atoms with Crippen LogP contribution >= 0.6 is 11.8 Å². The van der Waals surface area contributed by atoms with E-state index in [1.807, 2.05) is 0 Å². The smallest absolute Gasteiger partial charge is 0.375 e. The topological polar surface area (TPSA) is 114 Å². The maximum atomic E-state index is 17.5. The van der Waals surface area contributed by atoms with E-state index in [2.05, 4.69) is 0 Å². The SMILES string of the molecule is CC1CC2C3CC(F)C4=CC(=O)C=C[C@]4(C)[C@@]3(F)C(O)C[C@]2(C)[C@@]1(OC(=O)c1ccco1)C(=O)SC(=O)N(C)C. The third-order valence-corrected chi connectivity index (χ3v) is 11.0. The number of fused-ring (bicyclic) bond motifs is 5. The van der Waals surface area contributed by atoms with E-state index >= 15 is 8.78 Å². The van der Waals surface area contributed by atoms with Crippen molar-refractivity contribution in [3.63, 3.8) is 0 Å². The number of furan rings is 1. The standard InChI is InChI=1S/C29H33F2NO7S/c1-15-11-17-18-13-20(30)19-12-16(33)8-9-26(19,2)28(18,31)22(34)14-27(17,3)29(15,24(36)40-25(37)32(4)5)39-23(35)21-7-6-10-38-21/h6-10,12,15,17-18,20,22,34H,11,13-14H2,1-5H3/t15?,17?,18?,20?,22?,26-,27-,28-,29-/m0/s1. The van der Waals surface area contributed by atoms with Crippen LogP contribution in [0.5, 0.6) is 0 Å². The van der Waals surface area contributed by atoms with Gasteiger partial charge in [0, 0.05) is 48.5 Å². The summed E-state index contributed by atoms with van der Waals surface area (Å²) in [5.41, 5.74) is -7.29. The Morgan fingerprint density at radius 3 is 2.52 bits per heavy atom. The van der Waals surface area contributed by atoms with Gasteiger partial charge in [-0.2, -0.15) is 0 Å². The van der Waals surface area contributed by atoms with Crippen molar-refractivity contribution in [3.8, 4) is 0 Å². The summed E-state index contributed by atoms with van der Waals surface area (Å²) in [6.07, 6.45) is 1.13. The van der Waals surface area contributed by atoms with Gasteiger partial charge in [0.1, 0.15) is 6.17 Å². The number of amides is 1. The second kappa shape index (κ2) is 9.37. The highest BCUT2D eigenvalue weighted by molar-refractivity contribution is 8.26. The van der Waals surface area contributed by atoms with Crippen molar-refractivity contribution < 1.29 is 42.2 Å². The fourth-order valence-electron chi connectivity index (χ4n) is 8.06. The summed E-state index contributed by atoms with van der Waals surface area (Å²) in [5, 5.41) is 10.3. The van der Waals surface area contributed by atoms with Gasteiger partial charge < -0.3 is 19.2 Å². The molecule has 0 aliphatic heterocycles. The molecule has 0 aromatic carbocycles. The molecule has 0 saturated heterocycles. The molecular formula is C29H33F2NO7S. The lowest BCUT2D eigenvalue weighted by Gasteiger charge is -2.63. The lowest BCUT2D eigenvalue weighted by molar-refractivity contribution is -0.221. The van der Waals surface area contributed by atoms with Gasteiger partial charge in [-0.1, -0.05) is 19.9 Å². The van der Waals surface area contributed by atoms with Gasteiger partial charge in [-0.05, 0) is 62.0 Å². The van der Waals surface area contributed by atoms with Gasteiger partial charge in [-0.3, -0.25) is 14.4 Å². The summed E-state index contributed by atoms with van der Waals surface area (Å²) in [5.74, 6) is -4.04. The molecule has 40 heavy (non-hydrogen) atoms. The Morgan fingerprint density at radius 1 is 1.20 bits per heavy atom. The van der Waals surface area contributed by atoms with Gasteiger partial charge in [-0.15, -0.1) is 0 Å². The van der Waals surface area contributed by atoms with Gasteiger partial charge >= 0.3 is 5.97 Å². The first-order chi connectivity index (χ1) is 18.6. The molecule has 0 bridgehead atoms. The number of carbonyl (C=O) groups excluding carboxylic acids is 4. The molecule has 1 amide bonds. The summed E-state index contributed by atoms with van der Waals surface area (Å²) in [7, 11) is 2.96. The zero-order valence-corrected chi connectivity index (χ0v) is 23.8. The number of ketones is 1. The van der Waals surface area contributed by atoms with Crippen LogP contribution < -0.4 is 0 Å². The lowest BCUT2D eigenvalue weighted by Crippen LogP contribution is -2.70. The number of esters is 1. The Kier molecular flexibility index (Phi) is 6.73. The molecule has 1 aromatic heterocycles. The van der Waals surface area contributed by atoms with E-state index in [0.29, 0.717) is 11.8 Å². The molecule has 9 atom stereocenters. The third-order valence-electron chi connectivity index (χ3n) is 9.99. The van der Waals surface area contributed by atoms with Crippen molar-refractivity contribution in [2.45, 2.75) is 63.6 Å². The number of carbonyl (C=O) groups is 4. The quantitative estimate of drug-likeness (QED) is 0.515. The highest BCUT2D eigenvalue weighted by Crippen LogP contribution is 2.72. The number of rotatable bonds is 3. The van der Waals surface area contributed by atoms with Crippen LogP contribution in [0.1, 0.15) is 50.6 Å². The molecule has 3 fully saturated rings. The minimum atomic E-state index is -2.36. The number of hydrogen-bond acceptors (Lipinski definition) is 8. The number of aliphatic hydroxyl groups excluding tert-OH is 1. The summed E-state index contributed by atoms with van der Waals surface area (Å²) in [4.78, 5) is 53.3. The minimum absolute atomic E-state index is 0.00818. The first kappa shape index (κ1) is 28.7. The number of ether oxygens (including phenoxy) is 1. The monoisotopic (exact) mass is 577 g/mol. The van der Waals surface area contributed by atoms with E-state index in [9.17, 15) is 24.3 Å². The first-order valence-corrected chi connectivity index (χ1v) is 14.1. The maximum Gasteiger partial charge on any atom is 0.375 e. The molecule has 0 spiro atoms. The number of thioether (sulfide) groups is 1. The van der Waals surface area contributed by atoms with Crippen molar-refractivity contribution in [1.82, 2.24) is 4.90 Å². The van der Waals surface area contributed by atoms with Crippen LogP contribution in [0.4, 0.5) is 13.6 Å². The molecule has 8 nitrogen and oxygen atoms in total. The number of allylic oxidation sites excluding steroid dienone is 4. The van der Waals surface area contributed by atoms with Crippen molar-refractivity contribution in [2.24, 2.45) is 28.6 Å². The Bertz CT molecular complexity index is 1330. The van der Waals surface area contributed by atoms with Crippen molar-refractivity contribution in [1.29, 1.82) is 0 Å². The number of aliphatic hydroxyl groups is 1. The molecule has 1 aromatic rings. The van der Waals surface area contributed by atoms with E-state index in [0.717, 1.165) is 6.08 Å². The van der Waals surface area contributed by atoms with Gasteiger partial charge in [0.25, 0.3) is 5.24 Å². The van der Waals surface area contributed by atoms with Crippen LogP contribution in [-0.2, 0) is 14.3 Å². The summed E-state index contributed by atoms with van der Waals surface area (Å²) >= 11 is 0.382. The number of nitrogens with zero attached hydrogens (tertiary/aromatic N) is 1. The van der Waals surface area contributed by atoms with Crippen LogP contribution in [0.3, 0.4) is 0 Å². The molecular weight excluding hydrogens is 544 g/mol. The fourth-order valence-corrected chi connectivity index (χ4v) is 9.02. The summed E-state index contributed by atoms with van der Waals surface area (Å²) < 4.78 is 44.5. The van der Waals surface area contributed by atoms with E-state index in [-0.39, 0.29) is 30.6 Å². The molecule has 3 saturated carbocycles. The largest absolute Gasteiger partial charge is 0.457 e. The molecule has 5 unspecified atom stereocenters. The van der Waals surface area contributed by atoms with Gasteiger partial charge in [0.15, 0.2) is 17.1 Å². The van der Waals surface area contributed by atoms with Gasteiger partial charge in [0.2, 0.25) is 10.9 Å². The predicted octanol–water partition coefficient (Wildman–Crippen LogP) is 4.68. The van der Waals surface area contributed by atoms with Crippen molar-refractivity contribution in [2.75, 3.05) is 14.1 Å². The maximum absolute atomic E-state index is 17.5. The van der Waals surface area contributed by atoms with Crippen LogP contribution in [0, 0.1) is 28.6 Å². The highest BCUT2D eigenvalue weighted by atomic mass is 32.2. The van der Waals surface area contributed by atoms with Crippen LogP contribution in [0.15, 0.2) is 46.6 Å². The number of alkyl halides is 2. The van der Waals surface area contributed by atoms with E-state index in [4.69, 9.17) is 9.15 Å². The van der Waals surface area contributed by atoms with Gasteiger partial charge in [-0.25, -0.2) is 13.6 Å². The molecule has 0 radical (unpaired) electrons. The van der Waals surface area contributed by atoms with E-state index in [1.165, 1.54) is 56.5 Å². The molecule has 5 rings (SSSR count). The zero-order chi connectivity index (χ0) is 29.4. The summed E-state index contributed by atoms with van der Waals surface area (Å²) in [6, 6.07) is 2.86. The Morgan fingerprint density at radius 2 is 1.90 bits per heavy atom. The molecule has 1 heterocycles. The van der Waals surface area contributed by atoms with Crippen molar-refractivity contribution in [3.05, 3.63) is 48.0 Å². The highest BCUT2D eigenvalue weighted by Gasteiger charge is 2.78. The first-order valence-electron chi connectivity index (χ1n) is 13.3. The normalized spacial score (nSPS) is 41.9. The average molecular weight is 578 g/mol. The molecule has 11 heteroatoms. The minimum Gasteiger partial charge on any atom is -0.457 e. The Labute approximate surface area is 235 Å². The molecule has 4 aliphatic rings. The zero-order valence-electron chi connectivity index (χ0n) is 23.0. The third kappa shape index (κ3) is 3.65.